The summed E-state index contributed by atoms with van der Waals surface area (Å²) in [5, 5.41) is 18.0. The summed E-state index contributed by atoms with van der Waals surface area (Å²) < 4.78 is 4.56. The molecule has 0 radical (unpaired) electrons. The Morgan fingerprint density at radius 1 is 1.20 bits per heavy atom. The van der Waals surface area contributed by atoms with Crippen molar-refractivity contribution in [1.29, 1.82) is 0 Å². The largest absolute Gasteiger partial charge is 0.465 e. The summed E-state index contributed by atoms with van der Waals surface area (Å²) in [7, 11) is 0. The number of halogens is 1. The lowest BCUT2D eigenvalue weighted by molar-refractivity contribution is -0.138. The first-order chi connectivity index (χ1) is 11.2. The Hall–Kier alpha value is -1.96. The molecule has 8 nitrogen and oxygen atoms in total. The number of esters is 1. The smallest absolute Gasteiger partial charge is 0.404 e. The minimum Gasteiger partial charge on any atom is -0.465 e. The maximum absolute atomic E-state index is 10.4. The van der Waals surface area contributed by atoms with Gasteiger partial charge >= 0.3 is 18.2 Å². The van der Waals surface area contributed by atoms with E-state index in [1.165, 1.54) is 25.6 Å². The lowest BCUT2D eigenvalue weighted by Gasteiger charge is -2.20. The van der Waals surface area contributed by atoms with E-state index in [4.69, 9.17) is 15.0 Å². The summed E-state index contributed by atoms with van der Waals surface area (Å²) in [6.07, 6.45) is 4.90. The maximum atomic E-state index is 10.4. The van der Waals surface area contributed by atoms with E-state index in [-0.39, 0.29) is 19.4 Å². The molecule has 9 heteroatoms. The van der Waals surface area contributed by atoms with Crippen LogP contribution in [0.3, 0.4) is 0 Å². The number of carboxylic acid groups (broad SMARTS) is 2. The Morgan fingerprint density at radius 2 is 1.60 bits per heavy atom. The van der Waals surface area contributed by atoms with Gasteiger partial charge in [0.1, 0.15) is 0 Å². The summed E-state index contributed by atoms with van der Waals surface area (Å²) in [4.78, 5) is 29.4. The predicted molar refractivity (Wildman–Crippen MR) is 100 cm³/mol. The fourth-order valence-electron chi connectivity index (χ4n) is 1.68. The summed E-state index contributed by atoms with van der Waals surface area (Å²) >= 11 is 4.64. The van der Waals surface area contributed by atoms with Gasteiger partial charge in [0.15, 0.2) is 0 Å². The van der Waals surface area contributed by atoms with Crippen LogP contribution in [0.5, 0.6) is 0 Å². The zero-order valence-electron chi connectivity index (χ0n) is 14.5. The number of nitrogens with two attached hydrogens (primary N) is 1. The molecule has 0 unspecified atom stereocenters. The van der Waals surface area contributed by atoms with Crippen LogP contribution >= 0.6 is 11.6 Å². The number of carbonyl (C=O) groups is 3. The summed E-state index contributed by atoms with van der Waals surface area (Å²) in [5.41, 5.74) is 4.48. The minimum absolute atomic E-state index is 0. The molecule has 0 aromatic rings. The monoisotopic (exact) mass is 384 g/mol. The van der Waals surface area contributed by atoms with Gasteiger partial charge in [0.25, 0.3) is 0 Å². The van der Waals surface area contributed by atoms with Crippen molar-refractivity contribution in [2.24, 2.45) is 5.73 Å². The van der Waals surface area contributed by atoms with Crippen molar-refractivity contribution in [2.45, 2.75) is 59.4 Å². The van der Waals surface area contributed by atoms with Crippen molar-refractivity contribution < 1.29 is 29.3 Å². The van der Waals surface area contributed by atoms with Gasteiger partial charge in [0.05, 0.1) is 6.61 Å². The molecular formula is C16H33ClN2O6. The number of ether oxygens (including phenoxy) is 1. The van der Waals surface area contributed by atoms with Crippen molar-refractivity contribution >= 4 is 29.8 Å². The molecule has 1 aliphatic carbocycles. The van der Waals surface area contributed by atoms with Gasteiger partial charge in [-0.1, -0.05) is 33.3 Å². The van der Waals surface area contributed by atoms with Crippen LogP contribution in [0.1, 0.15) is 53.4 Å². The van der Waals surface area contributed by atoms with E-state index in [0.29, 0.717) is 12.2 Å². The third-order valence-corrected chi connectivity index (χ3v) is 2.56. The predicted octanol–water partition coefficient (Wildman–Crippen LogP) is 3.83. The Balaban J connectivity index is -0.000000133. The van der Waals surface area contributed by atoms with E-state index in [1.54, 1.807) is 13.8 Å². The van der Waals surface area contributed by atoms with Crippen molar-refractivity contribution in [3.8, 4) is 0 Å². The molecule has 150 valence electrons. The van der Waals surface area contributed by atoms with E-state index in [0.717, 1.165) is 12.8 Å². The average Bonchev–Trinajstić information content (AvgIpc) is 2.50. The van der Waals surface area contributed by atoms with E-state index in [2.05, 4.69) is 34.0 Å². The number of alkyl halides is 1. The third-order valence-electron chi connectivity index (χ3n) is 2.56. The van der Waals surface area contributed by atoms with Crippen molar-refractivity contribution in [2.75, 3.05) is 13.0 Å². The second-order valence-electron chi connectivity index (χ2n) is 4.62. The first-order valence-electron chi connectivity index (χ1n) is 7.38. The first kappa shape index (κ1) is 30.9. The van der Waals surface area contributed by atoms with Crippen LogP contribution in [0, 0.1) is 0 Å². The van der Waals surface area contributed by atoms with E-state index in [1.807, 2.05) is 0 Å². The molecule has 0 saturated heterocycles. The molecule has 5 N–H and O–H groups in total. The lowest BCUT2D eigenvalue weighted by atomic mass is 9.96. The number of hydrogen-bond acceptors (Lipinski definition) is 4. The van der Waals surface area contributed by atoms with Gasteiger partial charge in [-0.15, -0.1) is 11.6 Å². The fourth-order valence-corrected chi connectivity index (χ4v) is 1.68. The highest BCUT2D eigenvalue weighted by molar-refractivity contribution is 6.15. The molecular weight excluding hydrogens is 352 g/mol. The van der Waals surface area contributed by atoms with Gasteiger partial charge in [-0.05, 0) is 26.7 Å². The Labute approximate surface area is 155 Å². The molecule has 0 atom stereocenters. The summed E-state index contributed by atoms with van der Waals surface area (Å²) in [5.74, 6) is -0.312. The van der Waals surface area contributed by atoms with E-state index >= 15 is 0 Å². The number of amides is 2. The van der Waals surface area contributed by atoms with Crippen molar-refractivity contribution in [3.05, 3.63) is 12.2 Å². The molecule has 25 heavy (non-hydrogen) atoms. The number of primary amides is 1. The second kappa shape index (κ2) is 22.0. The van der Waals surface area contributed by atoms with Crippen LogP contribution < -0.4 is 11.1 Å². The van der Waals surface area contributed by atoms with Crippen molar-refractivity contribution in [3.63, 3.8) is 0 Å². The Kier molecular flexibility index (Phi) is 27.2. The normalized spacial score (nSPS) is 12.0. The maximum Gasteiger partial charge on any atom is 0.404 e. The van der Waals surface area contributed by atoms with E-state index in [9.17, 15) is 9.59 Å². The summed E-state index contributed by atoms with van der Waals surface area (Å²) in [6.45, 7) is 7.21. The highest BCUT2D eigenvalue weighted by atomic mass is 35.5. The van der Waals surface area contributed by atoms with Gasteiger partial charge in [-0.3, -0.25) is 0 Å². The molecule has 0 bridgehead atoms. The van der Waals surface area contributed by atoms with Gasteiger partial charge in [-0.25, -0.2) is 14.4 Å². The van der Waals surface area contributed by atoms with E-state index < -0.39 is 12.2 Å². The molecule has 0 aromatic carbocycles. The number of rotatable bonds is 3. The molecule has 1 fully saturated rings. The Bertz CT molecular complexity index is 368. The molecule has 0 spiro atoms. The molecule has 0 aliphatic heterocycles. The molecule has 0 heterocycles. The van der Waals surface area contributed by atoms with Crippen LogP contribution in [0.25, 0.3) is 0 Å². The molecule has 1 saturated carbocycles. The van der Waals surface area contributed by atoms with Crippen LogP contribution in [0.2, 0.25) is 0 Å². The third kappa shape index (κ3) is 30.5. The van der Waals surface area contributed by atoms with Crippen LogP contribution in [-0.4, -0.2) is 47.4 Å². The lowest BCUT2D eigenvalue weighted by Crippen LogP contribution is -2.34. The highest BCUT2D eigenvalue weighted by Crippen LogP contribution is 2.16. The van der Waals surface area contributed by atoms with Crippen LogP contribution in [0.4, 0.5) is 9.59 Å². The minimum atomic E-state index is -1.33. The van der Waals surface area contributed by atoms with Gasteiger partial charge < -0.3 is 26.0 Å². The number of hydrogen-bond donors (Lipinski definition) is 4. The topological polar surface area (TPSA) is 139 Å². The zero-order chi connectivity index (χ0) is 19.5. The number of carbonyl (C=O) groups excluding carboxylic acids is 1. The fraction of sp³-hybridized carbons (Fsp3) is 0.688. The van der Waals surface area contributed by atoms with Crippen LogP contribution in [-0.2, 0) is 9.53 Å². The molecule has 1 aliphatic rings. The zero-order valence-corrected chi connectivity index (χ0v) is 15.3. The van der Waals surface area contributed by atoms with Gasteiger partial charge in [-0.2, -0.15) is 0 Å². The second-order valence-corrected chi connectivity index (χ2v) is 4.62. The molecule has 2 amide bonds. The van der Waals surface area contributed by atoms with Gasteiger partial charge in [0.2, 0.25) is 0 Å². The van der Waals surface area contributed by atoms with Gasteiger partial charge in [0, 0.05) is 18.0 Å². The van der Waals surface area contributed by atoms with Crippen molar-refractivity contribution in [1.82, 2.24) is 5.32 Å². The number of nitrogens with one attached hydrogen (secondary N) is 1. The first-order valence-corrected chi connectivity index (χ1v) is 8.14. The average molecular weight is 385 g/mol. The summed E-state index contributed by atoms with van der Waals surface area (Å²) in [6, 6.07) is 0.228. The Morgan fingerprint density at radius 3 is 1.84 bits per heavy atom. The molecule has 0 aromatic heterocycles. The standard InChI is InChI=1S/C7H13NO2.C6H10O2.CH3Cl.CH3NO2.CH4/c9-7(10)8-6-4-2-1-3-5-6;1-4-8-6(7)5(2)3;1-2;2-1(3)4;/h6,8H,1-5H2,(H,9,10);2,4H2,1,3H3;1H3;2H2,(H,3,4);1H4. The van der Waals surface area contributed by atoms with Crippen LogP contribution in [0.15, 0.2) is 12.2 Å². The quantitative estimate of drug-likeness (QED) is 0.331. The molecule has 1 rings (SSSR count). The SMILES string of the molecule is C.C=C(C)C(=O)OCC.CCl.NC(=O)O.O=C(O)NC1CCCCC1. The highest BCUT2D eigenvalue weighted by Gasteiger charge is 2.14.